The highest BCUT2D eigenvalue weighted by Gasteiger charge is 2.13. The van der Waals surface area contributed by atoms with Gasteiger partial charge < -0.3 is 10.6 Å². The standard InChI is InChI=1S/C15H17N3O/c1-11-8-13(6-7-17-11)15(19)18(2)14-5-3-4-12(9-14)10-16/h3-9H,10,16H2,1-2H3. The van der Waals surface area contributed by atoms with E-state index in [0.717, 1.165) is 16.9 Å². The van der Waals surface area contributed by atoms with Crippen LogP contribution >= 0.6 is 0 Å². The van der Waals surface area contributed by atoms with Gasteiger partial charge in [0.2, 0.25) is 0 Å². The zero-order chi connectivity index (χ0) is 13.8. The second-order valence-corrected chi connectivity index (χ2v) is 4.42. The minimum absolute atomic E-state index is 0.0559. The van der Waals surface area contributed by atoms with Crippen molar-refractivity contribution >= 4 is 11.6 Å². The molecule has 1 aromatic carbocycles. The van der Waals surface area contributed by atoms with E-state index >= 15 is 0 Å². The maximum absolute atomic E-state index is 12.4. The lowest BCUT2D eigenvalue weighted by atomic mass is 10.1. The fraction of sp³-hybridized carbons (Fsp3) is 0.200. The molecule has 2 rings (SSSR count). The molecule has 1 amide bonds. The molecule has 2 aromatic rings. The van der Waals surface area contributed by atoms with E-state index in [-0.39, 0.29) is 5.91 Å². The van der Waals surface area contributed by atoms with Crippen molar-refractivity contribution in [2.75, 3.05) is 11.9 Å². The van der Waals surface area contributed by atoms with Gasteiger partial charge in [0, 0.05) is 36.7 Å². The Labute approximate surface area is 112 Å². The first kappa shape index (κ1) is 13.2. The van der Waals surface area contributed by atoms with E-state index in [9.17, 15) is 4.79 Å². The van der Waals surface area contributed by atoms with Crippen LogP contribution in [-0.4, -0.2) is 17.9 Å². The van der Waals surface area contributed by atoms with Crippen LogP contribution in [0.1, 0.15) is 21.6 Å². The highest BCUT2D eigenvalue weighted by molar-refractivity contribution is 6.05. The van der Waals surface area contributed by atoms with Crippen LogP contribution < -0.4 is 10.6 Å². The van der Waals surface area contributed by atoms with Gasteiger partial charge in [-0.25, -0.2) is 0 Å². The molecule has 2 N–H and O–H groups in total. The van der Waals surface area contributed by atoms with E-state index in [1.165, 1.54) is 0 Å². The SMILES string of the molecule is Cc1cc(C(=O)N(C)c2cccc(CN)c2)ccn1. The van der Waals surface area contributed by atoms with Crippen LogP contribution in [0.4, 0.5) is 5.69 Å². The second kappa shape index (κ2) is 5.63. The fourth-order valence-electron chi connectivity index (χ4n) is 1.88. The number of hydrogen-bond donors (Lipinski definition) is 1. The fourth-order valence-corrected chi connectivity index (χ4v) is 1.88. The molecule has 4 heteroatoms. The molecule has 0 fully saturated rings. The van der Waals surface area contributed by atoms with Gasteiger partial charge in [-0.15, -0.1) is 0 Å². The van der Waals surface area contributed by atoms with Crippen molar-refractivity contribution in [3.63, 3.8) is 0 Å². The highest BCUT2D eigenvalue weighted by atomic mass is 16.2. The molecule has 0 atom stereocenters. The number of rotatable bonds is 3. The summed E-state index contributed by atoms with van der Waals surface area (Å²) in [7, 11) is 1.76. The number of benzene rings is 1. The van der Waals surface area contributed by atoms with Crippen molar-refractivity contribution in [2.24, 2.45) is 5.73 Å². The Morgan fingerprint density at radius 2 is 2.11 bits per heavy atom. The van der Waals surface area contributed by atoms with Gasteiger partial charge in [0.05, 0.1) is 0 Å². The number of nitrogens with two attached hydrogens (primary N) is 1. The largest absolute Gasteiger partial charge is 0.326 e. The smallest absolute Gasteiger partial charge is 0.258 e. The Hall–Kier alpha value is -2.20. The third-order valence-corrected chi connectivity index (χ3v) is 2.98. The van der Waals surface area contributed by atoms with Crippen molar-refractivity contribution in [3.05, 3.63) is 59.4 Å². The number of carbonyl (C=O) groups is 1. The lowest BCUT2D eigenvalue weighted by molar-refractivity contribution is 0.0993. The Morgan fingerprint density at radius 1 is 1.32 bits per heavy atom. The Kier molecular flexibility index (Phi) is 3.92. The summed E-state index contributed by atoms with van der Waals surface area (Å²) in [6.45, 7) is 2.33. The third-order valence-electron chi connectivity index (χ3n) is 2.98. The van der Waals surface area contributed by atoms with Crippen LogP contribution in [0.5, 0.6) is 0 Å². The summed E-state index contributed by atoms with van der Waals surface area (Å²) in [6, 6.07) is 11.2. The van der Waals surface area contributed by atoms with Crippen LogP contribution in [0.25, 0.3) is 0 Å². The zero-order valence-electron chi connectivity index (χ0n) is 11.1. The van der Waals surface area contributed by atoms with Crippen molar-refractivity contribution in [3.8, 4) is 0 Å². The predicted octanol–water partition coefficient (Wildman–Crippen LogP) is 2.13. The molecule has 0 aliphatic heterocycles. The van der Waals surface area contributed by atoms with Gasteiger partial charge in [-0.1, -0.05) is 12.1 Å². The average Bonchev–Trinajstić information content (AvgIpc) is 2.45. The van der Waals surface area contributed by atoms with Gasteiger partial charge in [0.25, 0.3) is 5.91 Å². The Bertz CT molecular complexity index is 595. The van der Waals surface area contributed by atoms with E-state index < -0.39 is 0 Å². The maximum atomic E-state index is 12.4. The highest BCUT2D eigenvalue weighted by Crippen LogP contribution is 2.17. The van der Waals surface area contributed by atoms with Gasteiger partial charge in [0.15, 0.2) is 0 Å². The average molecular weight is 255 g/mol. The van der Waals surface area contributed by atoms with Crippen molar-refractivity contribution in [1.29, 1.82) is 0 Å². The first-order chi connectivity index (χ1) is 9.11. The molecule has 0 saturated carbocycles. The number of aryl methyl sites for hydroxylation is 1. The molecule has 0 saturated heterocycles. The van der Waals surface area contributed by atoms with Gasteiger partial charge in [-0.05, 0) is 36.8 Å². The Morgan fingerprint density at radius 3 is 2.79 bits per heavy atom. The summed E-state index contributed by atoms with van der Waals surface area (Å²) < 4.78 is 0. The molecule has 4 nitrogen and oxygen atoms in total. The number of carbonyl (C=O) groups excluding carboxylic acids is 1. The minimum atomic E-state index is -0.0559. The third kappa shape index (κ3) is 2.98. The molecule has 0 unspecified atom stereocenters. The molecule has 0 aliphatic rings. The molecule has 0 bridgehead atoms. The number of hydrogen-bond acceptors (Lipinski definition) is 3. The zero-order valence-corrected chi connectivity index (χ0v) is 11.1. The van der Waals surface area contributed by atoms with Crippen LogP contribution in [0.15, 0.2) is 42.6 Å². The summed E-state index contributed by atoms with van der Waals surface area (Å²) in [5, 5.41) is 0. The number of nitrogens with zero attached hydrogens (tertiary/aromatic N) is 2. The molecule has 19 heavy (non-hydrogen) atoms. The monoisotopic (exact) mass is 255 g/mol. The number of amides is 1. The van der Waals surface area contributed by atoms with Crippen LogP contribution in [0.3, 0.4) is 0 Å². The van der Waals surface area contributed by atoms with Crippen molar-refractivity contribution in [1.82, 2.24) is 4.98 Å². The van der Waals surface area contributed by atoms with Crippen LogP contribution in [0, 0.1) is 6.92 Å². The summed E-state index contributed by atoms with van der Waals surface area (Å²) in [4.78, 5) is 18.1. The van der Waals surface area contributed by atoms with Crippen molar-refractivity contribution in [2.45, 2.75) is 13.5 Å². The van der Waals surface area contributed by atoms with Crippen molar-refractivity contribution < 1.29 is 4.79 Å². The number of aromatic nitrogens is 1. The minimum Gasteiger partial charge on any atom is -0.326 e. The molecule has 0 radical (unpaired) electrons. The molecule has 0 spiro atoms. The Balaban J connectivity index is 2.28. The van der Waals surface area contributed by atoms with E-state index in [0.29, 0.717) is 12.1 Å². The van der Waals surface area contributed by atoms with E-state index in [2.05, 4.69) is 4.98 Å². The first-order valence-electron chi connectivity index (χ1n) is 6.11. The molecule has 1 aromatic heterocycles. The van der Waals surface area contributed by atoms with Gasteiger partial charge >= 0.3 is 0 Å². The predicted molar refractivity (Wildman–Crippen MR) is 76.0 cm³/mol. The van der Waals surface area contributed by atoms with Crippen LogP contribution in [-0.2, 0) is 6.54 Å². The van der Waals surface area contributed by atoms with Crippen LogP contribution in [0.2, 0.25) is 0 Å². The molecular formula is C15H17N3O. The maximum Gasteiger partial charge on any atom is 0.258 e. The molecule has 0 aliphatic carbocycles. The summed E-state index contributed by atoms with van der Waals surface area (Å²) >= 11 is 0. The quantitative estimate of drug-likeness (QED) is 0.914. The summed E-state index contributed by atoms with van der Waals surface area (Å²) in [6.07, 6.45) is 1.65. The summed E-state index contributed by atoms with van der Waals surface area (Å²) in [5.74, 6) is -0.0559. The number of pyridine rings is 1. The van der Waals surface area contributed by atoms with E-state index in [1.807, 2.05) is 31.2 Å². The van der Waals surface area contributed by atoms with Gasteiger partial charge in [-0.2, -0.15) is 0 Å². The van der Waals surface area contributed by atoms with E-state index in [1.54, 1.807) is 30.3 Å². The normalized spacial score (nSPS) is 10.3. The lowest BCUT2D eigenvalue weighted by Crippen LogP contribution is -2.26. The summed E-state index contributed by atoms with van der Waals surface area (Å²) in [5.41, 5.74) is 8.91. The lowest BCUT2D eigenvalue weighted by Gasteiger charge is -2.18. The molecule has 98 valence electrons. The second-order valence-electron chi connectivity index (χ2n) is 4.42. The first-order valence-corrected chi connectivity index (χ1v) is 6.11. The van der Waals surface area contributed by atoms with Gasteiger partial charge in [-0.3, -0.25) is 9.78 Å². The molecule has 1 heterocycles. The topological polar surface area (TPSA) is 59.2 Å². The molecular weight excluding hydrogens is 238 g/mol. The van der Waals surface area contributed by atoms with Gasteiger partial charge in [0.1, 0.15) is 0 Å². The van der Waals surface area contributed by atoms with E-state index in [4.69, 9.17) is 5.73 Å². The number of anilines is 1.